The minimum absolute atomic E-state index is 0.130. The molecular weight excluding hydrogens is 666 g/mol. The smallest absolute Gasteiger partial charge is 0.432 e. The number of halogens is 6. The van der Waals surface area contributed by atoms with Gasteiger partial charge in [0.2, 0.25) is 0 Å². The third-order valence-electron chi connectivity index (χ3n) is 9.19. The summed E-state index contributed by atoms with van der Waals surface area (Å²) in [5, 5.41) is 3.21. The number of ether oxygens (including phenoxy) is 4. The molecule has 6 nitrogen and oxygen atoms in total. The van der Waals surface area contributed by atoms with Gasteiger partial charge in [0.25, 0.3) is 11.2 Å². The number of hydrogen-bond donors (Lipinski definition) is 0. The van der Waals surface area contributed by atoms with Crippen molar-refractivity contribution in [2.24, 2.45) is 0 Å². The van der Waals surface area contributed by atoms with E-state index in [9.17, 15) is 35.9 Å². The van der Waals surface area contributed by atoms with Crippen molar-refractivity contribution < 1.29 is 54.9 Å². The zero-order chi connectivity index (χ0) is 35.9. The molecule has 260 valence electrons. The van der Waals surface area contributed by atoms with E-state index in [-0.39, 0.29) is 18.4 Å². The van der Waals surface area contributed by atoms with Gasteiger partial charge in [-0.2, -0.15) is 26.3 Å². The Bertz CT molecular complexity index is 2030. The minimum Gasteiger partial charge on any atom is -0.455 e. The van der Waals surface area contributed by atoms with E-state index in [0.717, 1.165) is 40.4 Å². The molecule has 0 N–H and O–H groups in total. The summed E-state index contributed by atoms with van der Waals surface area (Å²) in [5.74, 6) is -3.77. The summed E-state index contributed by atoms with van der Waals surface area (Å²) in [4.78, 5) is 27.6. The van der Waals surface area contributed by atoms with E-state index in [2.05, 4.69) is 0 Å². The molecule has 0 heterocycles. The summed E-state index contributed by atoms with van der Waals surface area (Å²) < 4.78 is 110. The predicted octanol–water partition coefficient (Wildman–Crippen LogP) is 8.64. The van der Waals surface area contributed by atoms with Crippen LogP contribution in [0.1, 0.15) is 34.8 Å². The van der Waals surface area contributed by atoms with Crippen LogP contribution in [-0.2, 0) is 46.2 Å². The molecule has 0 saturated heterocycles. The molecule has 0 bridgehead atoms. The molecule has 12 heteroatoms. The Balaban J connectivity index is 1.49. The average Bonchev–Trinajstić information content (AvgIpc) is 3.09. The van der Waals surface area contributed by atoms with Crippen LogP contribution in [0.15, 0.2) is 109 Å². The molecule has 0 spiro atoms. The molecule has 5 aromatic rings. The monoisotopic (exact) mass is 696 g/mol. The molecule has 0 fully saturated rings. The Labute approximate surface area is 282 Å². The van der Waals surface area contributed by atoms with Crippen LogP contribution in [0.5, 0.6) is 0 Å². The van der Waals surface area contributed by atoms with Crippen molar-refractivity contribution in [2.45, 2.75) is 48.6 Å². The fourth-order valence-electron chi connectivity index (χ4n) is 6.70. The third-order valence-corrected chi connectivity index (χ3v) is 9.19. The number of aryl methyl sites for hydroxylation is 1. The summed E-state index contributed by atoms with van der Waals surface area (Å²) in [7, 11) is 1.39. The summed E-state index contributed by atoms with van der Waals surface area (Å²) in [6.07, 6.45) is -14.2. The Morgan fingerprint density at radius 2 is 1.10 bits per heavy atom. The number of methoxy groups -OCH3 is 2. The van der Waals surface area contributed by atoms with Gasteiger partial charge < -0.3 is 18.9 Å². The van der Waals surface area contributed by atoms with Crippen molar-refractivity contribution in [3.05, 3.63) is 131 Å². The molecule has 0 amide bonds. The highest BCUT2D eigenvalue weighted by Gasteiger charge is 2.66. The zero-order valence-electron chi connectivity index (χ0n) is 26.7. The normalized spacial score (nSPS) is 18.9. The molecule has 0 radical (unpaired) electrons. The predicted molar refractivity (Wildman–Crippen MR) is 171 cm³/mol. The SMILES string of the molecule is CO[C@](C(=O)O[C@H]1CCc2cc3c(ccc4ccccc43)cc2[C@H]1OC(=O)[C@@](OC)(c1ccccc1)C(F)(F)F)(c1ccccc1)C(F)(F)F. The Morgan fingerprint density at radius 3 is 1.64 bits per heavy atom. The van der Waals surface area contributed by atoms with E-state index in [1.807, 2.05) is 30.3 Å². The van der Waals surface area contributed by atoms with E-state index in [4.69, 9.17) is 18.9 Å². The van der Waals surface area contributed by atoms with Gasteiger partial charge in [-0.1, -0.05) is 103 Å². The lowest BCUT2D eigenvalue weighted by Gasteiger charge is -2.39. The molecule has 4 atom stereocenters. The molecule has 0 saturated carbocycles. The highest BCUT2D eigenvalue weighted by molar-refractivity contribution is 6.08. The van der Waals surface area contributed by atoms with Gasteiger partial charge in [0.15, 0.2) is 6.10 Å². The Kier molecular flexibility index (Phi) is 9.12. The van der Waals surface area contributed by atoms with Gasteiger partial charge in [-0.25, -0.2) is 9.59 Å². The van der Waals surface area contributed by atoms with Gasteiger partial charge in [-0.3, -0.25) is 0 Å². The third kappa shape index (κ3) is 5.66. The van der Waals surface area contributed by atoms with Crippen molar-refractivity contribution >= 4 is 33.5 Å². The van der Waals surface area contributed by atoms with Crippen LogP contribution in [0.2, 0.25) is 0 Å². The van der Waals surface area contributed by atoms with Crippen LogP contribution < -0.4 is 0 Å². The van der Waals surface area contributed by atoms with E-state index >= 15 is 0 Å². The lowest BCUT2D eigenvalue weighted by molar-refractivity contribution is -0.286. The van der Waals surface area contributed by atoms with E-state index in [1.165, 1.54) is 36.4 Å². The van der Waals surface area contributed by atoms with Crippen LogP contribution in [0.25, 0.3) is 21.5 Å². The topological polar surface area (TPSA) is 71.1 Å². The molecule has 1 aliphatic carbocycles. The number of carbonyl (C=O) groups excluding carboxylic acids is 2. The van der Waals surface area contributed by atoms with Crippen LogP contribution in [0.3, 0.4) is 0 Å². The largest absolute Gasteiger partial charge is 0.455 e. The molecule has 0 unspecified atom stereocenters. The fraction of sp³-hybridized carbons (Fsp3) is 0.263. The van der Waals surface area contributed by atoms with Gasteiger partial charge in [-0.15, -0.1) is 0 Å². The summed E-state index contributed by atoms with van der Waals surface area (Å²) in [5.41, 5.74) is -7.68. The maximum atomic E-state index is 14.9. The van der Waals surface area contributed by atoms with Gasteiger partial charge >= 0.3 is 24.3 Å². The number of hydrogen-bond acceptors (Lipinski definition) is 6. The first kappa shape index (κ1) is 34.9. The number of benzene rings is 5. The lowest BCUT2D eigenvalue weighted by Crippen LogP contribution is -2.54. The molecule has 50 heavy (non-hydrogen) atoms. The molecular formula is C38H30F6O6. The highest BCUT2D eigenvalue weighted by atomic mass is 19.4. The van der Waals surface area contributed by atoms with Gasteiger partial charge in [0.1, 0.15) is 6.10 Å². The summed E-state index contributed by atoms with van der Waals surface area (Å²) in [6.45, 7) is 0. The summed E-state index contributed by atoms with van der Waals surface area (Å²) >= 11 is 0. The molecule has 0 aromatic heterocycles. The number of alkyl halides is 6. The van der Waals surface area contributed by atoms with Gasteiger partial charge in [-0.05, 0) is 46.0 Å². The molecule has 5 aromatic carbocycles. The molecule has 0 aliphatic heterocycles. The van der Waals surface area contributed by atoms with E-state index < -0.39 is 58.8 Å². The first-order chi connectivity index (χ1) is 23.8. The second kappa shape index (κ2) is 13.1. The quantitative estimate of drug-likeness (QED) is 0.0920. The van der Waals surface area contributed by atoms with Crippen LogP contribution >= 0.6 is 0 Å². The number of esters is 2. The van der Waals surface area contributed by atoms with Gasteiger partial charge in [0.05, 0.1) is 0 Å². The van der Waals surface area contributed by atoms with Crippen LogP contribution in [0, 0.1) is 0 Å². The molecule has 1 aliphatic rings. The maximum absolute atomic E-state index is 14.9. The first-order valence-electron chi connectivity index (χ1n) is 15.5. The zero-order valence-corrected chi connectivity index (χ0v) is 26.7. The number of rotatable bonds is 8. The second-order valence-corrected chi connectivity index (χ2v) is 11.9. The Hall–Kier alpha value is -4.94. The van der Waals surface area contributed by atoms with Gasteiger partial charge in [0, 0.05) is 30.9 Å². The Morgan fingerprint density at radius 1 is 0.600 bits per heavy atom. The second-order valence-electron chi connectivity index (χ2n) is 11.9. The van der Waals surface area contributed by atoms with Crippen LogP contribution in [0.4, 0.5) is 26.3 Å². The van der Waals surface area contributed by atoms with Crippen molar-refractivity contribution in [3.8, 4) is 0 Å². The van der Waals surface area contributed by atoms with E-state index in [1.54, 1.807) is 18.2 Å². The van der Waals surface area contributed by atoms with Crippen molar-refractivity contribution in [2.75, 3.05) is 14.2 Å². The minimum atomic E-state index is -5.35. The first-order valence-corrected chi connectivity index (χ1v) is 15.5. The lowest BCUT2D eigenvalue weighted by atomic mass is 9.84. The van der Waals surface area contributed by atoms with Crippen molar-refractivity contribution in [3.63, 3.8) is 0 Å². The number of fused-ring (bicyclic) bond motifs is 4. The van der Waals surface area contributed by atoms with E-state index in [0.29, 0.717) is 25.2 Å². The van der Waals surface area contributed by atoms with Crippen molar-refractivity contribution in [1.29, 1.82) is 0 Å². The average molecular weight is 697 g/mol. The van der Waals surface area contributed by atoms with Crippen molar-refractivity contribution in [1.82, 2.24) is 0 Å². The standard InChI is InChI=1S/C38H30F6O6/c1-47-35(37(39,40)41,26-12-5-3-6-13-26)33(45)49-31-20-19-25-21-29-24(18-17-23-11-9-10-16-28(23)29)22-30(25)32(31)50-34(46)36(48-2,38(42,43)44)27-14-7-4-8-15-27/h3-18,21-22,31-32H,19-20H2,1-2H3/t31-,32+,35-,36-/m0/s1. The van der Waals surface area contributed by atoms with Crippen LogP contribution in [-0.4, -0.2) is 44.6 Å². The number of carbonyl (C=O) groups is 2. The fourth-order valence-corrected chi connectivity index (χ4v) is 6.70. The highest BCUT2D eigenvalue weighted by Crippen LogP contribution is 2.48. The maximum Gasteiger partial charge on any atom is 0.432 e. The molecule has 6 rings (SSSR count). The summed E-state index contributed by atoms with van der Waals surface area (Å²) in [6, 6.07) is 26.7.